The topological polar surface area (TPSA) is 66.3 Å². The smallest absolute Gasteiger partial charge is 0.408 e. The molecule has 1 unspecified atom stereocenters. The predicted molar refractivity (Wildman–Crippen MR) is 111 cm³/mol. The van der Waals surface area contributed by atoms with Gasteiger partial charge in [-0.2, -0.15) is 0 Å². The van der Waals surface area contributed by atoms with Gasteiger partial charge in [-0.15, -0.1) is 0 Å². The molecule has 0 bridgehead atoms. The zero-order valence-corrected chi connectivity index (χ0v) is 16.1. The molecule has 0 radical (unpaired) electrons. The lowest BCUT2D eigenvalue weighted by molar-refractivity contribution is 0.0709. The van der Waals surface area contributed by atoms with Gasteiger partial charge in [-0.1, -0.05) is 54.1 Å². The fourth-order valence-corrected chi connectivity index (χ4v) is 4.22. The largest absolute Gasteiger partial charge is 0.417 e. The quantitative estimate of drug-likeness (QED) is 0.535. The molecule has 0 saturated heterocycles. The standard InChI is InChI=1S/C23H17ClN2O3/c24-18-8-4-1-5-15(18)12-20-16-6-2-3-7-17(16)22(27)26(20)13-14-9-10-19-21(11-14)29-23(28)25-19/h1-11,20H,12-13H2,(H,25,28). The highest BCUT2D eigenvalue weighted by molar-refractivity contribution is 6.31. The van der Waals surface area contributed by atoms with E-state index in [9.17, 15) is 9.59 Å². The summed E-state index contributed by atoms with van der Waals surface area (Å²) in [5.41, 5.74) is 4.75. The average molecular weight is 405 g/mol. The Kier molecular flexibility index (Phi) is 4.25. The Hall–Kier alpha value is -3.31. The zero-order chi connectivity index (χ0) is 20.0. The summed E-state index contributed by atoms with van der Waals surface area (Å²) in [6.07, 6.45) is 0.629. The maximum absolute atomic E-state index is 13.2. The molecule has 3 aromatic carbocycles. The van der Waals surface area contributed by atoms with Crippen molar-refractivity contribution in [2.24, 2.45) is 0 Å². The molecule has 1 aromatic heterocycles. The summed E-state index contributed by atoms with van der Waals surface area (Å²) in [6.45, 7) is 0.410. The van der Waals surface area contributed by atoms with Gasteiger partial charge in [0.05, 0.1) is 11.6 Å². The fraction of sp³-hybridized carbons (Fsp3) is 0.130. The van der Waals surface area contributed by atoms with E-state index in [1.807, 2.05) is 59.5 Å². The van der Waals surface area contributed by atoms with E-state index in [1.54, 1.807) is 12.1 Å². The lowest BCUT2D eigenvalue weighted by atomic mass is 9.98. The van der Waals surface area contributed by atoms with Crippen LogP contribution in [0.1, 0.15) is 33.1 Å². The third-order valence-electron chi connectivity index (χ3n) is 5.40. The van der Waals surface area contributed by atoms with Gasteiger partial charge >= 0.3 is 5.76 Å². The number of aromatic nitrogens is 1. The van der Waals surface area contributed by atoms with E-state index in [0.717, 1.165) is 22.3 Å². The molecule has 0 saturated carbocycles. The first-order valence-corrected chi connectivity index (χ1v) is 9.73. The van der Waals surface area contributed by atoms with Gasteiger partial charge in [0.1, 0.15) is 0 Å². The Morgan fingerprint density at radius 1 is 1.00 bits per heavy atom. The molecule has 1 amide bonds. The summed E-state index contributed by atoms with van der Waals surface area (Å²) in [6, 6.07) is 20.8. The Balaban J connectivity index is 1.53. The minimum absolute atomic E-state index is 0.00623. The number of oxazole rings is 1. The van der Waals surface area contributed by atoms with E-state index in [-0.39, 0.29) is 11.9 Å². The molecule has 6 heteroatoms. The number of hydrogen-bond acceptors (Lipinski definition) is 3. The molecule has 1 N–H and O–H groups in total. The second-order valence-corrected chi connectivity index (χ2v) is 7.58. The third kappa shape index (κ3) is 3.13. The number of nitrogens with one attached hydrogen (secondary N) is 1. The Labute approximate surface area is 171 Å². The van der Waals surface area contributed by atoms with E-state index in [2.05, 4.69) is 4.98 Å². The van der Waals surface area contributed by atoms with Crippen molar-refractivity contribution in [2.75, 3.05) is 0 Å². The van der Waals surface area contributed by atoms with Crippen molar-refractivity contribution in [1.82, 2.24) is 9.88 Å². The van der Waals surface area contributed by atoms with Crippen LogP contribution in [0.25, 0.3) is 11.1 Å². The summed E-state index contributed by atoms with van der Waals surface area (Å²) >= 11 is 6.39. The molecule has 0 fully saturated rings. The number of carbonyl (C=O) groups excluding carboxylic acids is 1. The van der Waals surface area contributed by atoms with Gasteiger partial charge in [-0.25, -0.2) is 4.79 Å². The summed E-state index contributed by atoms with van der Waals surface area (Å²) < 4.78 is 5.17. The fourth-order valence-electron chi connectivity index (χ4n) is 4.01. The number of benzene rings is 3. The van der Waals surface area contributed by atoms with Gasteiger partial charge in [0, 0.05) is 17.1 Å². The molecule has 144 valence electrons. The Morgan fingerprint density at radius 2 is 1.79 bits per heavy atom. The highest BCUT2D eigenvalue weighted by atomic mass is 35.5. The van der Waals surface area contributed by atoms with Crippen LogP contribution in [0.5, 0.6) is 0 Å². The van der Waals surface area contributed by atoms with Crippen LogP contribution < -0.4 is 5.76 Å². The van der Waals surface area contributed by atoms with Crippen molar-refractivity contribution in [2.45, 2.75) is 19.0 Å². The van der Waals surface area contributed by atoms with E-state index in [4.69, 9.17) is 16.0 Å². The van der Waals surface area contributed by atoms with E-state index in [1.165, 1.54) is 0 Å². The summed E-state index contributed by atoms with van der Waals surface area (Å²) in [4.78, 5) is 29.1. The van der Waals surface area contributed by atoms with Gasteiger partial charge in [0.2, 0.25) is 0 Å². The van der Waals surface area contributed by atoms with Crippen molar-refractivity contribution in [3.05, 3.63) is 105 Å². The maximum atomic E-state index is 13.2. The van der Waals surface area contributed by atoms with Crippen LogP contribution in [0.3, 0.4) is 0 Å². The van der Waals surface area contributed by atoms with E-state index < -0.39 is 5.76 Å². The molecule has 0 aliphatic carbocycles. The van der Waals surface area contributed by atoms with Gasteiger partial charge in [-0.3, -0.25) is 9.78 Å². The van der Waals surface area contributed by atoms with Crippen LogP contribution in [0.15, 0.2) is 75.9 Å². The number of carbonyl (C=O) groups is 1. The van der Waals surface area contributed by atoms with Gasteiger partial charge < -0.3 is 9.32 Å². The van der Waals surface area contributed by atoms with Crippen LogP contribution >= 0.6 is 11.6 Å². The number of rotatable bonds is 4. The monoisotopic (exact) mass is 404 g/mol. The minimum Gasteiger partial charge on any atom is -0.408 e. The zero-order valence-electron chi connectivity index (χ0n) is 15.4. The summed E-state index contributed by atoms with van der Waals surface area (Å²) in [7, 11) is 0. The average Bonchev–Trinajstić information content (AvgIpc) is 3.21. The Bertz CT molecular complexity index is 1290. The highest BCUT2D eigenvalue weighted by Crippen LogP contribution is 2.38. The first kappa shape index (κ1) is 17.8. The predicted octanol–water partition coefficient (Wildman–Crippen LogP) is 4.71. The van der Waals surface area contributed by atoms with Crippen LogP contribution in [0, 0.1) is 0 Å². The molecule has 0 spiro atoms. The van der Waals surface area contributed by atoms with Crippen molar-refractivity contribution in [1.29, 1.82) is 0 Å². The number of nitrogens with zero attached hydrogens (tertiary/aromatic N) is 1. The molecule has 4 aromatic rings. The van der Waals surface area contributed by atoms with E-state index >= 15 is 0 Å². The number of amides is 1. The second kappa shape index (κ2) is 6.94. The number of aromatic amines is 1. The first-order valence-electron chi connectivity index (χ1n) is 9.35. The molecular weight excluding hydrogens is 388 g/mol. The normalized spacial score (nSPS) is 15.8. The highest BCUT2D eigenvalue weighted by Gasteiger charge is 2.36. The summed E-state index contributed by atoms with van der Waals surface area (Å²) in [5, 5.41) is 0.694. The number of fused-ring (bicyclic) bond motifs is 2. The lowest BCUT2D eigenvalue weighted by Gasteiger charge is -2.26. The number of hydrogen-bond donors (Lipinski definition) is 1. The second-order valence-electron chi connectivity index (χ2n) is 7.18. The first-order chi connectivity index (χ1) is 14.1. The SMILES string of the molecule is O=C1c2ccccc2C(Cc2ccccc2Cl)N1Cc1ccc2[nH]c(=O)oc2c1. The number of H-pyrrole nitrogens is 1. The van der Waals surface area contributed by atoms with E-state index in [0.29, 0.717) is 29.1 Å². The molecular formula is C23H17ClN2O3. The lowest BCUT2D eigenvalue weighted by Crippen LogP contribution is -2.28. The Morgan fingerprint density at radius 3 is 2.66 bits per heavy atom. The maximum Gasteiger partial charge on any atom is 0.417 e. The molecule has 29 heavy (non-hydrogen) atoms. The van der Waals surface area contributed by atoms with Crippen LogP contribution in [-0.2, 0) is 13.0 Å². The van der Waals surface area contributed by atoms with Crippen LogP contribution in [0.4, 0.5) is 0 Å². The third-order valence-corrected chi connectivity index (χ3v) is 5.77. The van der Waals surface area contributed by atoms with Crippen molar-refractivity contribution < 1.29 is 9.21 Å². The summed E-state index contributed by atoms with van der Waals surface area (Å²) in [5.74, 6) is -0.494. The molecule has 5 nitrogen and oxygen atoms in total. The molecule has 1 aliphatic rings. The molecule has 1 aliphatic heterocycles. The number of halogens is 1. The molecule has 1 atom stereocenters. The molecule has 2 heterocycles. The van der Waals surface area contributed by atoms with Crippen LogP contribution in [-0.4, -0.2) is 15.8 Å². The van der Waals surface area contributed by atoms with Crippen molar-refractivity contribution >= 4 is 28.6 Å². The van der Waals surface area contributed by atoms with Crippen molar-refractivity contribution in [3.63, 3.8) is 0 Å². The van der Waals surface area contributed by atoms with Crippen molar-refractivity contribution in [3.8, 4) is 0 Å². The molecule has 5 rings (SSSR count). The van der Waals surface area contributed by atoms with Gasteiger partial charge in [0.15, 0.2) is 5.58 Å². The van der Waals surface area contributed by atoms with Gasteiger partial charge in [0.25, 0.3) is 5.91 Å². The van der Waals surface area contributed by atoms with Gasteiger partial charge in [-0.05, 0) is 47.4 Å². The minimum atomic E-state index is -0.488. The van der Waals surface area contributed by atoms with Crippen LogP contribution in [0.2, 0.25) is 5.02 Å².